The molecule has 0 fully saturated rings. The van der Waals surface area contributed by atoms with Crippen molar-refractivity contribution in [2.24, 2.45) is 0 Å². The van der Waals surface area contributed by atoms with Crippen LogP contribution in [0.5, 0.6) is 0 Å². The molecule has 5 heteroatoms. The van der Waals surface area contributed by atoms with Gasteiger partial charge in [-0.25, -0.2) is 0 Å². The normalized spacial score (nSPS) is 14.9. The van der Waals surface area contributed by atoms with Gasteiger partial charge in [0.05, 0.1) is 0 Å². The Morgan fingerprint density at radius 3 is 2.00 bits per heavy atom. The van der Waals surface area contributed by atoms with Crippen LogP contribution in [0.2, 0.25) is 4.75 Å². The van der Waals surface area contributed by atoms with E-state index in [9.17, 15) is 4.79 Å². The van der Waals surface area contributed by atoms with Crippen molar-refractivity contribution in [2.45, 2.75) is 25.0 Å². The van der Waals surface area contributed by atoms with Crippen LogP contribution < -0.4 is 0 Å². The molecule has 0 aliphatic rings. The zero-order valence-electron chi connectivity index (χ0n) is 5.83. The van der Waals surface area contributed by atoms with Gasteiger partial charge in [-0.15, -0.1) is 0 Å². The van der Waals surface area contributed by atoms with Gasteiger partial charge in [0.25, 0.3) is 0 Å². The minimum absolute atomic E-state index is 0.0255. The Labute approximate surface area is 75.9 Å². The second-order valence-electron chi connectivity index (χ2n) is 2.35. The van der Waals surface area contributed by atoms with Crippen LogP contribution in [-0.4, -0.2) is 16.3 Å². The third-order valence-corrected chi connectivity index (χ3v) is 9.73. The second kappa shape index (κ2) is 4.19. The van der Waals surface area contributed by atoms with Crippen molar-refractivity contribution < 1.29 is 4.79 Å². The molecule has 0 aliphatic carbocycles. The van der Waals surface area contributed by atoms with Gasteiger partial charge in [0.15, 0.2) is 0 Å². The summed E-state index contributed by atoms with van der Waals surface area (Å²) in [7, 11) is 14.0. The van der Waals surface area contributed by atoms with Crippen LogP contribution >= 0.6 is 30.0 Å². The third kappa shape index (κ3) is 4.83. The molecule has 0 amide bonds. The van der Waals surface area contributed by atoms with Crippen molar-refractivity contribution in [3.8, 4) is 0 Å². The van der Waals surface area contributed by atoms with E-state index in [2.05, 4.69) is 0 Å². The van der Waals surface area contributed by atoms with E-state index in [4.69, 9.17) is 30.0 Å². The molecule has 0 spiro atoms. The molecule has 1 unspecified atom stereocenters. The molecule has 0 aromatic rings. The summed E-state index contributed by atoms with van der Waals surface area (Å²) >= 11 is 0. The van der Waals surface area contributed by atoms with Crippen molar-refractivity contribution in [2.75, 3.05) is 0 Å². The molecule has 10 heavy (non-hydrogen) atoms. The zero-order valence-corrected chi connectivity index (χ0v) is 10.2. The first-order valence-corrected chi connectivity index (χ1v) is 12.4. The molecular weight excluding hydrogens is 255 g/mol. The fraction of sp³-hybridized carbons (Fsp3) is 0.800. The molecule has 0 aliphatic heterocycles. The minimum atomic E-state index is -3.09. The molecule has 0 bridgehead atoms. The van der Waals surface area contributed by atoms with Gasteiger partial charge in [-0.1, -0.05) is 0 Å². The fourth-order valence-corrected chi connectivity index (χ4v) is 2.84. The summed E-state index contributed by atoms with van der Waals surface area (Å²) in [5.41, 5.74) is 0. The number of Topliss-reactive ketones (excluding diaryl/α,β-unsaturated/α-hetero) is 1. The molecular formula is C5H9Cl3GeO. The molecule has 0 saturated heterocycles. The molecule has 0 N–H and O–H groups in total. The monoisotopic (exact) mass is 264 g/mol. The summed E-state index contributed by atoms with van der Waals surface area (Å²) in [6.45, 7) is 3.32. The predicted octanol–water partition coefficient (Wildman–Crippen LogP) is 3.01. The number of hydrogen-bond donors (Lipinski definition) is 0. The van der Waals surface area contributed by atoms with E-state index in [-0.39, 0.29) is 10.5 Å². The van der Waals surface area contributed by atoms with Crippen molar-refractivity contribution in [1.29, 1.82) is 0 Å². The number of rotatable bonds is 3. The maximum atomic E-state index is 10.6. The van der Waals surface area contributed by atoms with E-state index in [1.807, 2.05) is 6.92 Å². The average molecular weight is 264 g/mol. The van der Waals surface area contributed by atoms with Crippen LogP contribution in [-0.2, 0) is 4.79 Å². The number of halogens is 3. The van der Waals surface area contributed by atoms with Crippen molar-refractivity contribution in [3.05, 3.63) is 0 Å². The first-order valence-electron chi connectivity index (χ1n) is 2.90. The fourth-order valence-electron chi connectivity index (χ4n) is 0.547. The van der Waals surface area contributed by atoms with Crippen molar-refractivity contribution >= 4 is 46.3 Å². The Hall–Kier alpha value is 1.08. The van der Waals surface area contributed by atoms with Crippen LogP contribution in [0.1, 0.15) is 20.3 Å². The van der Waals surface area contributed by atoms with E-state index >= 15 is 0 Å². The van der Waals surface area contributed by atoms with E-state index in [1.165, 1.54) is 6.92 Å². The summed E-state index contributed by atoms with van der Waals surface area (Å²) in [6, 6.07) is 0. The topological polar surface area (TPSA) is 17.1 Å². The Morgan fingerprint density at radius 2 is 1.90 bits per heavy atom. The first-order chi connectivity index (χ1) is 4.34. The van der Waals surface area contributed by atoms with Gasteiger partial charge < -0.3 is 0 Å². The summed E-state index contributed by atoms with van der Waals surface area (Å²) in [4.78, 5) is 10.6. The number of carbonyl (C=O) groups excluding carboxylic acids is 1. The summed E-state index contributed by atoms with van der Waals surface area (Å²) in [5, 5.41) is 0. The van der Waals surface area contributed by atoms with Crippen molar-refractivity contribution in [1.82, 2.24) is 0 Å². The second-order valence-corrected chi connectivity index (χ2v) is 19.0. The average Bonchev–Trinajstić information content (AvgIpc) is 1.60. The molecule has 0 saturated carbocycles. The van der Waals surface area contributed by atoms with Crippen LogP contribution in [0.15, 0.2) is 0 Å². The number of hydrogen-bond acceptors (Lipinski definition) is 1. The zero-order chi connectivity index (χ0) is 8.36. The summed E-state index contributed by atoms with van der Waals surface area (Å²) in [6.07, 6.45) is 0.399. The van der Waals surface area contributed by atoms with Gasteiger partial charge >= 0.3 is 76.1 Å². The van der Waals surface area contributed by atoms with Crippen molar-refractivity contribution in [3.63, 3.8) is 0 Å². The van der Waals surface area contributed by atoms with Gasteiger partial charge in [0, 0.05) is 0 Å². The van der Waals surface area contributed by atoms with E-state index in [0.29, 0.717) is 6.42 Å². The number of ketones is 1. The molecule has 1 atom stereocenters. The van der Waals surface area contributed by atoms with Gasteiger partial charge in [-0.3, -0.25) is 0 Å². The first kappa shape index (κ1) is 11.1. The van der Waals surface area contributed by atoms with Gasteiger partial charge in [-0.2, -0.15) is 0 Å². The van der Waals surface area contributed by atoms with Crippen LogP contribution in [0, 0.1) is 0 Å². The third-order valence-electron chi connectivity index (χ3n) is 1.15. The Kier molecular flexibility index (Phi) is 4.65. The SMILES string of the molecule is CC(=O)C[CH](C)[Ge]([Cl])([Cl])[Cl]. The molecule has 0 aromatic carbocycles. The molecule has 1 nitrogen and oxygen atoms in total. The quantitative estimate of drug-likeness (QED) is 0.716. The molecule has 0 radical (unpaired) electrons. The Morgan fingerprint density at radius 1 is 1.50 bits per heavy atom. The van der Waals surface area contributed by atoms with Crippen LogP contribution in [0.4, 0.5) is 0 Å². The molecule has 0 rings (SSSR count). The van der Waals surface area contributed by atoms with E-state index in [1.54, 1.807) is 0 Å². The van der Waals surface area contributed by atoms with E-state index < -0.39 is 10.5 Å². The van der Waals surface area contributed by atoms with E-state index in [0.717, 1.165) is 0 Å². The van der Waals surface area contributed by atoms with Crippen LogP contribution in [0.3, 0.4) is 0 Å². The predicted molar refractivity (Wildman–Crippen MR) is 48.0 cm³/mol. The maximum absolute atomic E-state index is 10.6. The molecule has 0 aromatic heterocycles. The Bertz CT molecular complexity index is 131. The summed E-state index contributed by atoms with van der Waals surface area (Å²) < 4.78 is -0.0255. The Balaban J connectivity index is 3.85. The van der Waals surface area contributed by atoms with Gasteiger partial charge in [-0.05, 0) is 0 Å². The summed E-state index contributed by atoms with van der Waals surface area (Å²) in [5.74, 6) is 0.0875. The van der Waals surface area contributed by atoms with Crippen LogP contribution in [0.25, 0.3) is 0 Å². The van der Waals surface area contributed by atoms with Gasteiger partial charge in [0.2, 0.25) is 0 Å². The molecule has 0 heterocycles. The van der Waals surface area contributed by atoms with Gasteiger partial charge in [0.1, 0.15) is 0 Å². The number of carbonyl (C=O) groups is 1. The molecule has 60 valence electrons. The standard InChI is InChI=1S/C5H9Cl3GeO/c1-4(3-5(2)10)9(6,7)8/h4H,3H2,1-2H3.